The molecular formula is C26H36N4O3. The van der Waals surface area contributed by atoms with Gasteiger partial charge in [0, 0.05) is 32.2 Å². The molecule has 0 radical (unpaired) electrons. The Hall–Kier alpha value is -3.06. The first-order valence-electron chi connectivity index (χ1n) is 11.7. The standard InChI is InChI=1S/C26H36N4O3/c1-19(2)24(29-26(32)27-17-20-8-5-4-6-9-20)25(31)28-22-12-14-30(15-13-22)18-21-10-7-11-23(16-21)33-3/h4-11,16,19,22,24H,12-15,17-18H2,1-3H3,(H,28,31)(H2,27,29,32). The first-order valence-corrected chi connectivity index (χ1v) is 11.7. The first-order chi connectivity index (χ1) is 15.9. The van der Waals surface area contributed by atoms with Gasteiger partial charge in [-0.05, 0) is 42.0 Å². The quantitative estimate of drug-likeness (QED) is 0.545. The molecule has 1 aliphatic rings. The number of rotatable bonds is 9. The number of benzene rings is 2. The molecule has 3 amide bonds. The fraction of sp³-hybridized carbons (Fsp3) is 0.462. The van der Waals surface area contributed by atoms with E-state index in [0.717, 1.165) is 43.8 Å². The van der Waals surface area contributed by atoms with E-state index in [0.29, 0.717) is 6.54 Å². The predicted molar refractivity (Wildman–Crippen MR) is 130 cm³/mol. The Balaban J connectivity index is 1.44. The summed E-state index contributed by atoms with van der Waals surface area (Å²) in [6.07, 6.45) is 1.78. The molecule has 33 heavy (non-hydrogen) atoms. The molecule has 1 unspecified atom stereocenters. The number of carbonyl (C=O) groups excluding carboxylic acids is 2. The number of nitrogens with zero attached hydrogens (tertiary/aromatic N) is 1. The average Bonchev–Trinajstić information content (AvgIpc) is 2.83. The molecule has 0 aliphatic carbocycles. The molecule has 1 heterocycles. The van der Waals surface area contributed by atoms with E-state index in [9.17, 15) is 9.59 Å². The second-order valence-corrected chi connectivity index (χ2v) is 8.94. The molecule has 178 valence electrons. The lowest BCUT2D eigenvalue weighted by atomic mass is 10.0. The van der Waals surface area contributed by atoms with Gasteiger partial charge >= 0.3 is 6.03 Å². The zero-order valence-electron chi connectivity index (χ0n) is 19.8. The van der Waals surface area contributed by atoms with Gasteiger partial charge in [0.25, 0.3) is 0 Å². The SMILES string of the molecule is COc1cccc(CN2CCC(NC(=O)C(NC(=O)NCc3ccccc3)C(C)C)CC2)c1. The Morgan fingerprint density at radius 3 is 2.39 bits per heavy atom. The van der Waals surface area contributed by atoms with Crippen LogP contribution in [0.25, 0.3) is 0 Å². The summed E-state index contributed by atoms with van der Waals surface area (Å²) in [5, 5.41) is 8.83. The largest absolute Gasteiger partial charge is 0.497 e. The van der Waals surface area contributed by atoms with Gasteiger partial charge in [-0.1, -0.05) is 56.3 Å². The Kier molecular flexibility index (Phi) is 9.13. The van der Waals surface area contributed by atoms with E-state index in [1.165, 1.54) is 5.56 Å². The zero-order valence-corrected chi connectivity index (χ0v) is 19.8. The molecule has 3 N–H and O–H groups in total. The van der Waals surface area contributed by atoms with E-state index in [4.69, 9.17) is 4.74 Å². The van der Waals surface area contributed by atoms with Gasteiger partial charge in [-0.25, -0.2) is 4.79 Å². The van der Waals surface area contributed by atoms with Gasteiger partial charge in [0.1, 0.15) is 11.8 Å². The highest BCUT2D eigenvalue weighted by molar-refractivity contribution is 5.87. The summed E-state index contributed by atoms with van der Waals surface area (Å²) in [6.45, 7) is 7.01. The van der Waals surface area contributed by atoms with Crippen molar-refractivity contribution in [1.82, 2.24) is 20.9 Å². The van der Waals surface area contributed by atoms with Crippen LogP contribution >= 0.6 is 0 Å². The Morgan fingerprint density at radius 2 is 1.73 bits per heavy atom. The van der Waals surface area contributed by atoms with E-state index < -0.39 is 6.04 Å². The van der Waals surface area contributed by atoms with Crippen LogP contribution < -0.4 is 20.7 Å². The van der Waals surface area contributed by atoms with Gasteiger partial charge in [-0.3, -0.25) is 9.69 Å². The summed E-state index contributed by atoms with van der Waals surface area (Å²) >= 11 is 0. The van der Waals surface area contributed by atoms with Crippen molar-refractivity contribution in [1.29, 1.82) is 0 Å². The molecule has 2 aromatic carbocycles. The van der Waals surface area contributed by atoms with Crippen LogP contribution in [-0.2, 0) is 17.9 Å². The van der Waals surface area contributed by atoms with Crippen LogP contribution in [-0.4, -0.2) is 49.1 Å². The van der Waals surface area contributed by atoms with Crippen LogP contribution in [0.15, 0.2) is 54.6 Å². The molecule has 1 saturated heterocycles. The zero-order chi connectivity index (χ0) is 23.6. The number of amides is 3. The Labute approximate surface area is 196 Å². The Bertz CT molecular complexity index is 895. The van der Waals surface area contributed by atoms with Gasteiger partial charge < -0.3 is 20.7 Å². The van der Waals surface area contributed by atoms with Crippen molar-refractivity contribution in [3.05, 3.63) is 65.7 Å². The summed E-state index contributed by atoms with van der Waals surface area (Å²) in [6, 6.07) is 17.1. The van der Waals surface area contributed by atoms with Crippen molar-refractivity contribution in [2.45, 2.75) is 51.9 Å². The first kappa shape index (κ1) is 24.6. The topological polar surface area (TPSA) is 82.7 Å². The van der Waals surface area contributed by atoms with Crippen LogP contribution in [0.1, 0.15) is 37.8 Å². The Morgan fingerprint density at radius 1 is 1.03 bits per heavy atom. The molecule has 7 nitrogen and oxygen atoms in total. The molecule has 2 aromatic rings. The fourth-order valence-corrected chi connectivity index (χ4v) is 4.06. The van der Waals surface area contributed by atoms with Crippen LogP contribution in [0, 0.1) is 5.92 Å². The molecule has 0 bridgehead atoms. The third kappa shape index (κ3) is 7.79. The van der Waals surface area contributed by atoms with Crippen LogP contribution in [0.4, 0.5) is 4.79 Å². The van der Waals surface area contributed by atoms with Crippen molar-refractivity contribution in [3.8, 4) is 5.75 Å². The molecule has 0 aromatic heterocycles. The highest BCUT2D eigenvalue weighted by Gasteiger charge is 2.28. The van der Waals surface area contributed by atoms with Crippen LogP contribution in [0.3, 0.4) is 0 Å². The lowest BCUT2D eigenvalue weighted by Crippen LogP contribution is -2.55. The maximum absolute atomic E-state index is 12.9. The van der Waals surface area contributed by atoms with Gasteiger partial charge in [0.2, 0.25) is 5.91 Å². The molecule has 3 rings (SSSR count). The highest BCUT2D eigenvalue weighted by atomic mass is 16.5. The number of ether oxygens (including phenoxy) is 1. The van der Waals surface area contributed by atoms with Crippen LogP contribution in [0.5, 0.6) is 5.75 Å². The number of likely N-dealkylation sites (tertiary alicyclic amines) is 1. The highest BCUT2D eigenvalue weighted by Crippen LogP contribution is 2.18. The molecule has 1 atom stereocenters. The van der Waals surface area contributed by atoms with Gasteiger partial charge in [-0.2, -0.15) is 0 Å². The number of hydrogen-bond donors (Lipinski definition) is 3. The molecule has 7 heteroatoms. The van der Waals surface area contributed by atoms with Crippen molar-refractivity contribution in [3.63, 3.8) is 0 Å². The number of methoxy groups -OCH3 is 1. The van der Waals surface area contributed by atoms with Crippen molar-refractivity contribution in [2.24, 2.45) is 5.92 Å². The monoisotopic (exact) mass is 452 g/mol. The maximum Gasteiger partial charge on any atom is 0.315 e. The maximum atomic E-state index is 12.9. The van der Waals surface area contributed by atoms with Gasteiger partial charge in [-0.15, -0.1) is 0 Å². The van der Waals surface area contributed by atoms with E-state index in [2.05, 4.69) is 33.0 Å². The van der Waals surface area contributed by atoms with Gasteiger partial charge in [0.05, 0.1) is 7.11 Å². The average molecular weight is 453 g/mol. The van der Waals surface area contributed by atoms with Crippen LogP contribution in [0.2, 0.25) is 0 Å². The minimum atomic E-state index is -0.574. The van der Waals surface area contributed by atoms with E-state index in [1.54, 1.807) is 7.11 Å². The third-order valence-electron chi connectivity index (χ3n) is 6.01. The van der Waals surface area contributed by atoms with E-state index in [-0.39, 0.29) is 23.9 Å². The summed E-state index contributed by atoms with van der Waals surface area (Å²) in [5.74, 6) is 0.737. The minimum absolute atomic E-state index is 0.0133. The van der Waals surface area contributed by atoms with Gasteiger partial charge in [0.15, 0.2) is 0 Å². The summed E-state index contributed by atoms with van der Waals surface area (Å²) in [4.78, 5) is 27.7. The van der Waals surface area contributed by atoms with E-state index in [1.807, 2.05) is 56.3 Å². The molecule has 0 saturated carbocycles. The minimum Gasteiger partial charge on any atom is -0.497 e. The second-order valence-electron chi connectivity index (χ2n) is 8.94. The van der Waals surface area contributed by atoms with Crippen molar-refractivity contribution >= 4 is 11.9 Å². The number of piperidine rings is 1. The van der Waals surface area contributed by atoms with Crippen molar-refractivity contribution in [2.75, 3.05) is 20.2 Å². The number of nitrogens with one attached hydrogen (secondary N) is 3. The van der Waals surface area contributed by atoms with Crippen molar-refractivity contribution < 1.29 is 14.3 Å². The predicted octanol–water partition coefficient (Wildman–Crippen LogP) is 3.30. The molecule has 0 spiro atoms. The summed E-state index contributed by atoms with van der Waals surface area (Å²) < 4.78 is 5.31. The molecule has 1 fully saturated rings. The summed E-state index contributed by atoms with van der Waals surface area (Å²) in [5.41, 5.74) is 2.24. The smallest absolute Gasteiger partial charge is 0.315 e. The number of hydrogen-bond acceptors (Lipinski definition) is 4. The van der Waals surface area contributed by atoms with E-state index >= 15 is 0 Å². The number of carbonyl (C=O) groups is 2. The number of urea groups is 1. The third-order valence-corrected chi connectivity index (χ3v) is 6.01. The lowest BCUT2D eigenvalue weighted by molar-refractivity contribution is -0.124. The normalized spacial score (nSPS) is 15.6. The molecular weight excluding hydrogens is 416 g/mol. The lowest BCUT2D eigenvalue weighted by Gasteiger charge is -2.33. The summed E-state index contributed by atoms with van der Waals surface area (Å²) in [7, 11) is 1.68. The molecule has 1 aliphatic heterocycles. The fourth-order valence-electron chi connectivity index (χ4n) is 4.06. The second kappa shape index (κ2) is 12.3.